The van der Waals surface area contributed by atoms with Crippen LogP contribution in [0, 0.1) is 0 Å². The summed E-state index contributed by atoms with van der Waals surface area (Å²) in [6, 6.07) is 0. The Morgan fingerprint density at radius 3 is 2.55 bits per heavy atom. The van der Waals surface area contributed by atoms with Crippen molar-refractivity contribution in [3.05, 3.63) is 12.8 Å². The van der Waals surface area contributed by atoms with Crippen molar-refractivity contribution < 1.29 is 9.53 Å². The standard InChI is InChI=1S/C8H13NO2/c1-2-11-8(10)9-6-4-3-5-7-9/h2H,1,3-7H2. The van der Waals surface area contributed by atoms with E-state index in [1.54, 1.807) is 4.90 Å². The maximum Gasteiger partial charge on any atom is 0.414 e. The lowest BCUT2D eigenvalue weighted by molar-refractivity contribution is 0.128. The molecule has 0 radical (unpaired) electrons. The topological polar surface area (TPSA) is 29.5 Å². The van der Waals surface area contributed by atoms with Crippen molar-refractivity contribution >= 4 is 6.09 Å². The number of amides is 1. The normalized spacial score (nSPS) is 17.6. The van der Waals surface area contributed by atoms with E-state index in [4.69, 9.17) is 0 Å². The number of nitrogens with zero attached hydrogens (tertiary/aromatic N) is 1. The lowest BCUT2D eigenvalue weighted by Crippen LogP contribution is -2.35. The monoisotopic (exact) mass is 155 g/mol. The van der Waals surface area contributed by atoms with Crippen LogP contribution in [0.2, 0.25) is 0 Å². The second-order valence-electron chi connectivity index (χ2n) is 2.60. The Labute approximate surface area is 66.6 Å². The summed E-state index contributed by atoms with van der Waals surface area (Å²) in [4.78, 5) is 12.7. The largest absolute Gasteiger partial charge is 0.419 e. The summed E-state index contributed by atoms with van der Waals surface area (Å²) < 4.78 is 4.63. The van der Waals surface area contributed by atoms with Crippen LogP contribution in [0.3, 0.4) is 0 Å². The van der Waals surface area contributed by atoms with E-state index in [0.29, 0.717) is 0 Å². The molecule has 62 valence electrons. The maximum atomic E-state index is 11.0. The van der Waals surface area contributed by atoms with Crippen LogP contribution < -0.4 is 0 Å². The molecule has 0 aromatic heterocycles. The van der Waals surface area contributed by atoms with Crippen LogP contribution in [0.1, 0.15) is 19.3 Å². The number of carbonyl (C=O) groups is 1. The molecule has 0 unspecified atom stereocenters. The highest BCUT2D eigenvalue weighted by atomic mass is 16.5. The molecule has 0 N–H and O–H groups in total. The summed E-state index contributed by atoms with van der Waals surface area (Å²) in [6.45, 7) is 4.98. The summed E-state index contributed by atoms with van der Waals surface area (Å²) in [6.07, 6.45) is 4.31. The van der Waals surface area contributed by atoms with Gasteiger partial charge in [-0.15, -0.1) is 0 Å². The molecular formula is C8H13NO2. The first-order chi connectivity index (χ1) is 5.34. The minimum absolute atomic E-state index is 0.264. The van der Waals surface area contributed by atoms with Gasteiger partial charge in [-0.2, -0.15) is 0 Å². The summed E-state index contributed by atoms with van der Waals surface area (Å²) in [7, 11) is 0. The molecule has 0 spiro atoms. The van der Waals surface area contributed by atoms with Crippen LogP contribution in [-0.2, 0) is 4.74 Å². The fourth-order valence-electron chi connectivity index (χ4n) is 1.22. The highest BCUT2D eigenvalue weighted by Crippen LogP contribution is 2.09. The molecule has 11 heavy (non-hydrogen) atoms. The predicted octanol–water partition coefficient (Wildman–Crippen LogP) is 1.75. The molecule has 3 heteroatoms. The second kappa shape index (κ2) is 4.01. The van der Waals surface area contributed by atoms with Gasteiger partial charge in [-0.3, -0.25) is 0 Å². The van der Waals surface area contributed by atoms with E-state index in [9.17, 15) is 4.79 Å². The molecule has 0 atom stereocenters. The molecule has 0 saturated carbocycles. The number of piperidine rings is 1. The van der Waals surface area contributed by atoms with Crippen molar-refractivity contribution in [1.29, 1.82) is 0 Å². The van der Waals surface area contributed by atoms with Crippen molar-refractivity contribution in [2.75, 3.05) is 13.1 Å². The molecule has 0 bridgehead atoms. The fraction of sp³-hybridized carbons (Fsp3) is 0.625. The lowest BCUT2D eigenvalue weighted by atomic mass is 10.1. The van der Waals surface area contributed by atoms with Gasteiger partial charge in [0.15, 0.2) is 0 Å². The highest BCUT2D eigenvalue weighted by Gasteiger charge is 2.16. The van der Waals surface area contributed by atoms with Crippen LogP contribution in [0.15, 0.2) is 12.8 Å². The number of rotatable bonds is 1. The summed E-state index contributed by atoms with van der Waals surface area (Å²) >= 11 is 0. The van der Waals surface area contributed by atoms with Gasteiger partial charge in [0, 0.05) is 13.1 Å². The van der Waals surface area contributed by atoms with Crippen LogP contribution in [0.4, 0.5) is 4.79 Å². The highest BCUT2D eigenvalue weighted by molar-refractivity contribution is 5.68. The minimum Gasteiger partial charge on any atom is -0.419 e. The third-order valence-corrected chi connectivity index (χ3v) is 1.80. The van der Waals surface area contributed by atoms with Crippen molar-refractivity contribution in [2.24, 2.45) is 0 Å². The molecule has 1 aliphatic rings. The van der Waals surface area contributed by atoms with Gasteiger partial charge in [-0.05, 0) is 19.3 Å². The predicted molar refractivity (Wildman–Crippen MR) is 42.1 cm³/mol. The van der Waals surface area contributed by atoms with Gasteiger partial charge < -0.3 is 9.64 Å². The van der Waals surface area contributed by atoms with Gasteiger partial charge in [0.2, 0.25) is 0 Å². The van der Waals surface area contributed by atoms with Crippen molar-refractivity contribution in [2.45, 2.75) is 19.3 Å². The van der Waals surface area contributed by atoms with Crippen LogP contribution in [-0.4, -0.2) is 24.1 Å². The zero-order chi connectivity index (χ0) is 8.10. The second-order valence-corrected chi connectivity index (χ2v) is 2.60. The van der Waals surface area contributed by atoms with Gasteiger partial charge in [0.1, 0.15) is 0 Å². The van der Waals surface area contributed by atoms with E-state index in [1.807, 2.05) is 0 Å². The Balaban J connectivity index is 2.32. The molecule has 1 saturated heterocycles. The van der Waals surface area contributed by atoms with Crippen molar-refractivity contribution in [3.63, 3.8) is 0 Å². The molecule has 1 rings (SSSR count). The zero-order valence-electron chi connectivity index (χ0n) is 6.58. The quantitative estimate of drug-likeness (QED) is 0.540. The summed E-state index contributed by atoms with van der Waals surface area (Å²) in [5, 5.41) is 0. The first kappa shape index (κ1) is 8.11. The first-order valence-electron chi connectivity index (χ1n) is 3.91. The average molecular weight is 155 g/mol. The smallest absolute Gasteiger partial charge is 0.414 e. The fourth-order valence-corrected chi connectivity index (χ4v) is 1.22. The number of hydrogen-bond donors (Lipinski definition) is 0. The third kappa shape index (κ3) is 2.26. The van der Waals surface area contributed by atoms with Gasteiger partial charge in [0.25, 0.3) is 0 Å². The summed E-state index contributed by atoms with van der Waals surface area (Å²) in [5.74, 6) is 0. The minimum atomic E-state index is -0.264. The number of hydrogen-bond acceptors (Lipinski definition) is 2. The van der Waals surface area contributed by atoms with Crippen LogP contribution >= 0.6 is 0 Å². The van der Waals surface area contributed by atoms with Gasteiger partial charge in [-0.25, -0.2) is 4.79 Å². The van der Waals surface area contributed by atoms with Gasteiger partial charge in [-0.1, -0.05) is 6.58 Å². The molecule has 1 amide bonds. The molecule has 0 aromatic carbocycles. The SMILES string of the molecule is C=COC(=O)N1CCCCC1. The van der Waals surface area contributed by atoms with E-state index >= 15 is 0 Å². The molecule has 3 nitrogen and oxygen atoms in total. The Kier molecular flexibility index (Phi) is 2.95. The molecule has 1 aliphatic heterocycles. The van der Waals surface area contributed by atoms with Crippen molar-refractivity contribution in [3.8, 4) is 0 Å². The number of ether oxygens (including phenoxy) is 1. The third-order valence-electron chi connectivity index (χ3n) is 1.80. The number of carbonyl (C=O) groups excluding carboxylic acids is 1. The first-order valence-corrected chi connectivity index (χ1v) is 3.91. The van der Waals surface area contributed by atoms with E-state index in [-0.39, 0.29) is 6.09 Å². The van der Waals surface area contributed by atoms with Gasteiger partial charge >= 0.3 is 6.09 Å². The van der Waals surface area contributed by atoms with Crippen LogP contribution in [0.5, 0.6) is 0 Å². The Bertz CT molecular complexity index is 150. The van der Waals surface area contributed by atoms with E-state index in [0.717, 1.165) is 25.9 Å². The molecular weight excluding hydrogens is 142 g/mol. The van der Waals surface area contributed by atoms with E-state index in [1.165, 1.54) is 12.7 Å². The van der Waals surface area contributed by atoms with Crippen LogP contribution in [0.25, 0.3) is 0 Å². The maximum absolute atomic E-state index is 11.0. The van der Waals surface area contributed by atoms with Crippen molar-refractivity contribution in [1.82, 2.24) is 4.90 Å². The Morgan fingerprint density at radius 1 is 1.36 bits per heavy atom. The lowest BCUT2D eigenvalue weighted by Gasteiger charge is -2.24. The molecule has 1 heterocycles. The Hall–Kier alpha value is -0.990. The van der Waals surface area contributed by atoms with E-state index < -0.39 is 0 Å². The van der Waals surface area contributed by atoms with Gasteiger partial charge in [0.05, 0.1) is 6.26 Å². The molecule has 1 fully saturated rings. The number of likely N-dealkylation sites (tertiary alicyclic amines) is 1. The van der Waals surface area contributed by atoms with E-state index in [2.05, 4.69) is 11.3 Å². The zero-order valence-corrected chi connectivity index (χ0v) is 6.58. The Morgan fingerprint density at radius 2 is 2.00 bits per heavy atom. The summed E-state index contributed by atoms with van der Waals surface area (Å²) in [5.41, 5.74) is 0. The molecule has 0 aromatic rings. The molecule has 0 aliphatic carbocycles. The average Bonchev–Trinajstić information content (AvgIpc) is 2.07.